The van der Waals surface area contributed by atoms with Crippen LogP contribution in [-0.4, -0.2) is 26.8 Å². The summed E-state index contributed by atoms with van der Waals surface area (Å²) in [5.41, 5.74) is 3.78. The molecule has 3 aliphatic rings. The third-order valence-corrected chi connectivity index (χ3v) is 6.91. The molecule has 5 rings (SSSR count). The molecule has 0 bridgehead atoms. The second kappa shape index (κ2) is 8.93. The lowest BCUT2D eigenvalue weighted by Gasteiger charge is -2.22. The Morgan fingerprint density at radius 1 is 1.06 bits per heavy atom. The lowest BCUT2D eigenvalue weighted by atomic mass is 9.84. The number of fused-ring (bicyclic) bond motifs is 1. The molecule has 1 fully saturated rings. The summed E-state index contributed by atoms with van der Waals surface area (Å²) in [6, 6.07) is 8.85. The highest BCUT2D eigenvalue weighted by Gasteiger charge is 2.35. The molecule has 2 aliphatic heterocycles. The molecule has 1 atom stereocenters. The van der Waals surface area contributed by atoms with Crippen molar-refractivity contribution >= 4 is 17.4 Å². The van der Waals surface area contributed by atoms with E-state index in [4.69, 9.17) is 9.72 Å². The SMILES string of the molecule is CC(C)N1Cc2c(Nc3ccc(C4CCCCC4)cc3)nc(C3CCC=CO3)nc2C1=O. The summed E-state index contributed by atoms with van der Waals surface area (Å²) in [6.07, 6.45) is 11.8. The van der Waals surface area contributed by atoms with Crippen LogP contribution in [0.15, 0.2) is 36.6 Å². The second-order valence-electron chi connectivity index (χ2n) is 9.44. The van der Waals surface area contributed by atoms with Crippen molar-refractivity contribution in [3.8, 4) is 0 Å². The van der Waals surface area contributed by atoms with E-state index in [1.165, 1.54) is 37.7 Å². The maximum Gasteiger partial charge on any atom is 0.273 e. The molecule has 1 aromatic carbocycles. The van der Waals surface area contributed by atoms with Crippen molar-refractivity contribution in [3.63, 3.8) is 0 Å². The van der Waals surface area contributed by atoms with Crippen molar-refractivity contribution in [1.82, 2.24) is 14.9 Å². The van der Waals surface area contributed by atoms with Crippen LogP contribution < -0.4 is 5.32 Å². The summed E-state index contributed by atoms with van der Waals surface area (Å²) in [6.45, 7) is 4.59. The third kappa shape index (κ3) is 4.10. The number of amides is 1. The number of rotatable bonds is 5. The number of benzene rings is 1. The first kappa shape index (κ1) is 21.0. The van der Waals surface area contributed by atoms with Gasteiger partial charge in [-0.1, -0.05) is 31.4 Å². The predicted octanol–water partition coefficient (Wildman–Crippen LogP) is 6.00. The Kier molecular flexibility index (Phi) is 5.85. The van der Waals surface area contributed by atoms with E-state index in [0.717, 1.165) is 24.1 Å². The van der Waals surface area contributed by atoms with Gasteiger partial charge < -0.3 is 15.0 Å². The molecule has 1 aliphatic carbocycles. The average molecular weight is 433 g/mol. The molecular weight excluding hydrogens is 400 g/mol. The predicted molar refractivity (Wildman–Crippen MR) is 125 cm³/mol. The summed E-state index contributed by atoms with van der Waals surface area (Å²) >= 11 is 0. The van der Waals surface area contributed by atoms with E-state index in [9.17, 15) is 4.79 Å². The topological polar surface area (TPSA) is 67.3 Å². The number of carbonyl (C=O) groups excluding carboxylic acids is 1. The lowest BCUT2D eigenvalue weighted by Crippen LogP contribution is -2.31. The summed E-state index contributed by atoms with van der Waals surface area (Å²) in [5, 5.41) is 3.49. The number of anilines is 2. The van der Waals surface area contributed by atoms with Crippen molar-refractivity contribution in [1.29, 1.82) is 0 Å². The fourth-order valence-corrected chi connectivity index (χ4v) is 5.01. The first-order valence-corrected chi connectivity index (χ1v) is 12.0. The Balaban J connectivity index is 1.45. The number of nitrogens with zero attached hydrogens (tertiary/aromatic N) is 3. The van der Waals surface area contributed by atoms with Crippen LogP contribution in [0, 0.1) is 0 Å². The van der Waals surface area contributed by atoms with Gasteiger partial charge in [-0.3, -0.25) is 4.79 Å². The third-order valence-electron chi connectivity index (χ3n) is 6.91. The van der Waals surface area contributed by atoms with E-state index < -0.39 is 0 Å². The summed E-state index contributed by atoms with van der Waals surface area (Å²) in [5.74, 6) is 1.94. The van der Waals surface area contributed by atoms with Crippen molar-refractivity contribution in [2.45, 2.75) is 83.4 Å². The number of nitrogens with one attached hydrogen (secondary N) is 1. The second-order valence-corrected chi connectivity index (χ2v) is 9.44. The maximum absolute atomic E-state index is 13.1. The first-order chi connectivity index (χ1) is 15.6. The highest BCUT2D eigenvalue weighted by atomic mass is 16.5. The molecule has 0 spiro atoms. The molecule has 0 radical (unpaired) electrons. The standard InChI is InChI=1S/C26H32N4O2/c1-17(2)30-16-21-23(26(30)31)28-25(22-10-6-7-15-32-22)29-24(21)27-20-13-11-19(12-14-20)18-8-4-3-5-9-18/h7,11-15,17-18,22H,3-6,8-10,16H2,1-2H3,(H,27,28,29). The van der Waals surface area contributed by atoms with Crippen LogP contribution in [0.3, 0.4) is 0 Å². The Bertz CT molecular complexity index is 1010. The van der Waals surface area contributed by atoms with Gasteiger partial charge in [-0.05, 0) is 69.2 Å². The van der Waals surface area contributed by atoms with E-state index in [1.807, 2.05) is 24.8 Å². The van der Waals surface area contributed by atoms with Crippen molar-refractivity contribution in [2.75, 3.05) is 5.32 Å². The van der Waals surface area contributed by atoms with Crippen LogP contribution >= 0.6 is 0 Å². The average Bonchev–Trinajstić information content (AvgIpc) is 3.18. The number of carbonyl (C=O) groups is 1. The van der Waals surface area contributed by atoms with E-state index >= 15 is 0 Å². The van der Waals surface area contributed by atoms with E-state index in [1.54, 1.807) is 6.26 Å². The highest BCUT2D eigenvalue weighted by molar-refractivity contribution is 5.98. The van der Waals surface area contributed by atoms with Crippen LogP contribution in [0.1, 0.15) is 98.3 Å². The number of aromatic nitrogens is 2. The molecule has 1 unspecified atom stereocenters. The molecule has 168 valence electrons. The summed E-state index contributed by atoms with van der Waals surface area (Å²) < 4.78 is 5.76. The fourth-order valence-electron chi connectivity index (χ4n) is 5.01. The van der Waals surface area contributed by atoms with Gasteiger partial charge in [-0.25, -0.2) is 9.97 Å². The lowest BCUT2D eigenvalue weighted by molar-refractivity contribution is 0.0725. The zero-order valence-corrected chi connectivity index (χ0v) is 19.0. The minimum atomic E-state index is -0.222. The van der Waals surface area contributed by atoms with Gasteiger partial charge in [0.1, 0.15) is 11.5 Å². The van der Waals surface area contributed by atoms with Crippen LogP contribution in [-0.2, 0) is 11.3 Å². The molecule has 6 nitrogen and oxygen atoms in total. The van der Waals surface area contributed by atoms with Crippen LogP contribution in [0.2, 0.25) is 0 Å². The molecule has 1 aromatic heterocycles. The summed E-state index contributed by atoms with van der Waals surface area (Å²) in [4.78, 5) is 24.4. The number of ether oxygens (including phenoxy) is 1. The monoisotopic (exact) mass is 432 g/mol. The molecule has 6 heteroatoms. The molecule has 1 N–H and O–H groups in total. The zero-order valence-electron chi connectivity index (χ0n) is 19.0. The van der Waals surface area contributed by atoms with Gasteiger partial charge in [-0.2, -0.15) is 0 Å². The molecule has 1 saturated carbocycles. The van der Waals surface area contributed by atoms with Gasteiger partial charge in [0, 0.05) is 17.3 Å². The molecular formula is C26H32N4O2. The Morgan fingerprint density at radius 2 is 1.84 bits per heavy atom. The fraction of sp³-hybridized carbons (Fsp3) is 0.500. The minimum absolute atomic E-state index is 0.0271. The number of allylic oxidation sites excluding steroid dienone is 1. The highest BCUT2D eigenvalue weighted by Crippen LogP contribution is 2.35. The molecule has 1 amide bonds. The van der Waals surface area contributed by atoms with Crippen molar-refractivity contribution in [2.24, 2.45) is 0 Å². The number of hydrogen-bond donors (Lipinski definition) is 1. The number of hydrogen-bond acceptors (Lipinski definition) is 5. The molecule has 3 heterocycles. The van der Waals surface area contributed by atoms with Gasteiger partial charge >= 0.3 is 0 Å². The Labute approximate surface area is 190 Å². The molecule has 0 saturated heterocycles. The van der Waals surface area contributed by atoms with Gasteiger partial charge in [0.05, 0.1) is 12.8 Å². The van der Waals surface area contributed by atoms with Gasteiger partial charge in [0.2, 0.25) is 0 Å². The first-order valence-electron chi connectivity index (χ1n) is 12.0. The largest absolute Gasteiger partial charge is 0.490 e. The van der Waals surface area contributed by atoms with Crippen molar-refractivity contribution in [3.05, 3.63) is 59.2 Å². The Morgan fingerprint density at radius 3 is 2.53 bits per heavy atom. The van der Waals surface area contributed by atoms with E-state index in [-0.39, 0.29) is 18.1 Å². The Hall–Kier alpha value is -2.89. The van der Waals surface area contributed by atoms with Gasteiger partial charge in [-0.15, -0.1) is 0 Å². The van der Waals surface area contributed by atoms with Crippen LogP contribution in [0.25, 0.3) is 0 Å². The normalized spacial score (nSPS) is 21.0. The smallest absolute Gasteiger partial charge is 0.273 e. The zero-order chi connectivity index (χ0) is 22.1. The summed E-state index contributed by atoms with van der Waals surface area (Å²) in [7, 11) is 0. The quantitative estimate of drug-likeness (QED) is 0.628. The van der Waals surface area contributed by atoms with Gasteiger partial charge in [0.15, 0.2) is 11.9 Å². The van der Waals surface area contributed by atoms with Gasteiger partial charge in [0.25, 0.3) is 5.91 Å². The molecule has 2 aromatic rings. The van der Waals surface area contributed by atoms with Crippen LogP contribution in [0.4, 0.5) is 11.5 Å². The maximum atomic E-state index is 13.1. The van der Waals surface area contributed by atoms with Crippen LogP contribution in [0.5, 0.6) is 0 Å². The van der Waals surface area contributed by atoms with E-state index in [0.29, 0.717) is 29.8 Å². The van der Waals surface area contributed by atoms with E-state index in [2.05, 4.69) is 34.6 Å². The van der Waals surface area contributed by atoms with Crippen molar-refractivity contribution < 1.29 is 9.53 Å². The molecule has 32 heavy (non-hydrogen) atoms. The minimum Gasteiger partial charge on any atom is -0.490 e.